The van der Waals surface area contributed by atoms with Crippen LogP contribution in [-0.4, -0.2) is 22.1 Å². The number of hydrogen-bond donors (Lipinski definition) is 1. The van der Waals surface area contributed by atoms with Crippen molar-refractivity contribution in [3.8, 4) is 5.88 Å². The van der Waals surface area contributed by atoms with Gasteiger partial charge in [-0.05, 0) is 12.8 Å². The van der Waals surface area contributed by atoms with E-state index in [-0.39, 0.29) is 17.8 Å². The molecule has 6 nitrogen and oxygen atoms in total. The Kier molecular flexibility index (Phi) is 2.51. The molecule has 1 saturated carbocycles. The van der Waals surface area contributed by atoms with Crippen LogP contribution in [0.5, 0.6) is 5.88 Å². The minimum Gasteiger partial charge on any atom is -0.474 e. The van der Waals surface area contributed by atoms with Crippen molar-refractivity contribution in [2.75, 3.05) is 0 Å². The number of aromatic nitrogens is 1. The molecule has 1 aliphatic carbocycles. The molecule has 0 radical (unpaired) electrons. The van der Waals surface area contributed by atoms with Crippen molar-refractivity contribution in [2.24, 2.45) is 5.73 Å². The Bertz CT molecular complexity index is 359. The molecule has 1 aromatic rings. The average molecular weight is 209 g/mol. The van der Waals surface area contributed by atoms with Crippen molar-refractivity contribution >= 4 is 5.69 Å². The van der Waals surface area contributed by atoms with Crippen molar-refractivity contribution in [1.82, 2.24) is 4.98 Å². The first kappa shape index (κ1) is 9.85. The molecule has 15 heavy (non-hydrogen) atoms. The summed E-state index contributed by atoms with van der Waals surface area (Å²) in [7, 11) is 0. The molecule has 0 aromatic carbocycles. The van der Waals surface area contributed by atoms with Crippen LogP contribution in [0.1, 0.15) is 12.8 Å². The summed E-state index contributed by atoms with van der Waals surface area (Å²) in [5, 5.41) is 10.4. The molecule has 6 heteroatoms. The summed E-state index contributed by atoms with van der Waals surface area (Å²) in [6.45, 7) is 0. The van der Waals surface area contributed by atoms with Gasteiger partial charge in [-0.3, -0.25) is 10.1 Å². The van der Waals surface area contributed by atoms with E-state index in [0.717, 1.165) is 12.8 Å². The number of pyridine rings is 1. The molecule has 0 bridgehead atoms. The predicted octanol–water partition coefficient (Wildman–Crippen LogP) is 0.858. The Balaban J connectivity index is 1.95. The van der Waals surface area contributed by atoms with E-state index in [1.165, 1.54) is 18.3 Å². The van der Waals surface area contributed by atoms with E-state index in [2.05, 4.69) is 4.98 Å². The van der Waals surface area contributed by atoms with E-state index in [1.54, 1.807) is 0 Å². The third kappa shape index (κ3) is 2.21. The van der Waals surface area contributed by atoms with Crippen LogP contribution in [0.4, 0.5) is 5.69 Å². The van der Waals surface area contributed by atoms with Crippen LogP contribution >= 0.6 is 0 Å². The number of nitrogens with two attached hydrogens (primary N) is 1. The van der Waals surface area contributed by atoms with Gasteiger partial charge < -0.3 is 10.5 Å². The van der Waals surface area contributed by atoms with Crippen LogP contribution in [0.3, 0.4) is 0 Å². The molecule has 1 heterocycles. The SMILES string of the molecule is NC1CC(Oc2ccc([N+](=O)[O-])cn2)C1. The molecule has 2 rings (SSSR count). The monoisotopic (exact) mass is 209 g/mol. The second kappa shape index (κ2) is 3.82. The maximum absolute atomic E-state index is 10.4. The minimum absolute atomic E-state index is 0.0346. The lowest BCUT2D eigenvalue weighted by Crippen LogP contribution is -2.43. The summed E-state index contributed by atoms with van der Waals surface area (Å²) in [5.41, 5.74) is 5.56. The van der Waals surface area contributed by atoms with E-state index in [9.17, 15) is 10.1 Å². The van der Waals surface area contributed by atoms with Crippen molar-refractivity contribution in [3.05, 3.63) is 28.4 Å². The van der Waals surface area contributed by atoms with Gasteiger partial charge in [-0.1, -0.05) is 0 Å². The Morgan fingerprint density at radius 1 is 1.53 bits per heavy atom. The van der Waals surface area contributed by atoms with Crippen LogP contribution in [0, 0.1) is 10.1 Å². The van der Waals surface area contributed by atoms with Crippen LogP contribution in [0.2, 0.25) is 0 Å². The van der Waals surface area contributed by atoms with Gasteiger partial charge >= 0.3 is 0 Å². The Morgan fingerprint density at radius 2 is 2.27 bits per heavy atom. The molecule has 80 valence electrons. The summed E-state index contributed by atoms with van der Waals surface area (Å²) in [4.78, 5) is 13.7. The smallest absolute Gasteiger partial charge is 0.287 e. The summed E-state index contributed by atoms with van der Waals surface area (Å²) < 4.78 is 5.44. The summed E-state index contributed by atoms with van der Waals surface area (Å²) >= 11 is 0. The predicted molar refractivity (Wildman–Crippen MR) is 52.5 cm³/mol. The van der Waals surface area contributed by atoms with Crippen molar-refractivity contribution < 1.29 is 9.66 Å². The largest absolute Gasteiger partial charge is 0.474 e. The highest BCUT2D eigenvalue weighted by Crippen LogP contribution is 2.23. The fourth-order valence-electron chi connectivity index (χ4n) is 1.42. The first-order valence-corrected chi connectivity index (χ1v) is 4.68. The van der Waals surface area contributed by atoms with E-state index in [4.69, 9.17) is 10.5 Å². The highest BCUT2D eigenvalue weighted by atomic mass is 16.6. The number of rotatable bonds is 3. The topological polar surface area (TPSA) is 91.3 Å². The van der Waals surface area contributed by atoms with Crippen molar-refractivity contribution in [2.45, 2.75) is 25.0 Å². The highest BCUT2D eigenvalue weighted by molar-refractivity contribution is 5.29. The molecule has 1 aliphatic rings. The van der Waals surface area contributed by atoms with Gasteiger partial charge in [0.15, 0.2) is 0 Å². The van der Waals surface area contributed by atoms with Gasteiger partial charge in [0.25, 0.3) is 5.69 Å². The van der Waals surface area contributed by atoms with Gasteiger partial charge in [-0.2, -0.15) is 0 Å². The molecule has 0 saturated heterocycles. The Hall–Kier alpha value is -1.69. The quantitative estimate of drug-likeness (QED) is 0.588. The van der Waals surface area contributed by atoms with Gasteiger partial charge in [0.1, 0.15) is 12.3 Å². The number of hydrogen-bond acceptors (Lipinski definition) is 5. The second-order valence-corrected chi connectivity index (χ2v) is 3.58. The normalized spacial score (nSPS) is 24.3. The lowest BCUT2D eigenvalue weighted by Gasteiger charge is -2.31. The van der Waals surface area contributed by atoms with E-state index in [1.807, 2.05) is 0 Å². The zero-order valence-corrected chi connectivity index (χ0v) is 8.00. The van der Waals surface area contributed by atoms with Gasteiger partial charge in [-0.15, -0.1) is 0 Å². The number of nitro groups is 1. The van der Waals surface area contributed by atoms with Crippen LogP contribution in [-0.2, 0) is 0 Å². The summed E-state index contributed by atoms with van der Waals surface area (Å²) in [5.74, 6) is 0.414. The lowest BCUT2D eigenvalue weighted by atomic mass is 9.90. The van der Waals surface area contributed by atoms with Gasteiger partial charge in [0, 0.05) is 18.2 Å². The zero-order valence-electron chi connectivity index (χ0n) is 8.00. The molecule has 1 aromatic heterocycles. The van der Waals surface area contributed by atoms with Crippen molar-refractivity contribution in [3.63, 3.8) is 0 Å². The summed E-state index contributed by atoms with van der Waals surface area (Å²) in [6.07, 6.45) is 2.93. The van der Waals surface area contributed by atoms with E-state index >= 15 is 0 Å². The van der Waals surface area contributed by atoms with E-state index in [0.29, 0.717) is 5.88 Å². The molecule has 2 N–H and O–H groups in total. The Labute approximate surface area is 86.2 Å². The molecule has 0 aliphatic heterocycles. The molecule has 0 unspecified atom stereocenters. The second-order valence-electron chi connectivity index (χ2n) is 3.58. The third-order valence-corrected chi connectivity index (χ3v) is 2.35. The molecule has 1 fully saturated rings. The minimum atomic E-state index is -0.490. The van der Waals surface area contributed by atoms with E-state index < -0.39 is 4.92 Å². The standard InChI is InChI=1S/C9H11N3O3/c10-6-3-8(4-6)15-9-2-1-7(5-11-9)12(13)14/h1-2,5-6,8H,3-4,10H2. The van der Waals surface area contributed by atoms with Crippen LogP contribution in [0.25, 0.3) is 0 Å². The number of ether oxygens (including phenoxy) is 1. The van der Waals surface area contributed by atoms with Gasteiger partial charge in [0.05, 0.1) is 4.92 Å². The lowest BCUT2D eigenvalue weighted by molar-refractivity contribution is -0.385. The average Bonchev–Trinajstić information content (AvgIpc) is 2.16. The maximum Gasteiger partial charge on any atom is 0.287 e. The first-order valence-electron chi connectivity index (χ1n) is 4.68. The maximum atomic E-state index is 10.4. The zero-order chi connectivity index (χ0) is 10.8. The third-order valence-electron chi connectivity index (χ3n) is 2.35. The molecule has 0 spiro atoms. The summed E-state index contributed by atoms with van der Waals surface area (Å²) in [6, 6.07) is 3.09. The van der Waals surface area contributed by atoms with Crippen LogP contribution < -0.4 is 10.5 Å². The Morgan fingerprint density at radius 3 is 2.73 bits per heavy atom. The molecular formula is C9H11N3O3. The number of nitrogens with zero attached hydrogens (tertiary/aromatic N) is 2. The van der Waals surface area contributed by atoms with Crippen LogP contribution in [0.15, 0.2) is 18.3 Å². The molecule has 0 atom stereocenters. The fraction of sp³-hybridized carbons (Fsp3) is 0.444. The van der Waals surface area contributed by atoms with Crippen molar-refractivity contribution in [1.29, 1.82) is 0 Å². The fourth-order valence-corrected chi connectivity index (χ4v) is 1.42. The van der Waals surface area contributed by atoms with Gasteiger partial charge in [-0.25, -0.2) is 4.98 Å². The highest BCUT2D eigenvalue weighted by Gasteiger charge is 2.27. The van der Waals surface area contributed by atoms with Gasteiger partial charge in [0.2, 0.25) is 5.88 Å². The molecular weight excluding hydrogens is 198 g/mol. The molecule has 0 amide bonds. The first-order chi connectivity index (χ1) is 7.15.